The first-order chi connectivity index (χ1) is 11.6. The van der Waals surface area contributed by atoms with E-state index in [9.17, 15) is 10.5 Å². The van der Waals surface area contributed by atoms with Gasteiger partial charge in [-0.2, -0.15) is 10.5 Å². The molecule has 1 aromatic rings. The molecule has 6 nitrogen and oxygen atoms in total. The minimum atomic E-state index is -1.67. The van der Waals surface area contributed by atoms with Gasteiger partial charge in [-0.1, -0.05) is 42.5 Å². The lowest BCUT2D eigenvalue weighted by molar-refractivity contribution is -0.489. The van der Waals surface area contributed by atoms with Gasteiger partial charge in [0.15, 0.2) is 0 Å². The maximum Gasteiger partial charge on any atom is 0.257 e. The van der Waals surface area contributed by atoms with Crippen molar-refractivity contribution < 1.29 is 18.9 Å². The van der Waals surface area contributed by atoms with Crippen LogP contribution in [0.25, 0.3) is 6.08 Å². The lowest BCUT2D eigenvalue weighted by Crippen LogP contribution is -2.83. The molecule has 1 aliphatic rings. The molecule has 0 radical (unpaired) electrons. The second kappa shape index (κ2) is 6.72. The van der Waals surface area contributed by atoms with Gasteiger partial charge in [-0.25, -0.2) is 0 Å². The average Bonchev–Trinajstić information content (AvgIpc) is 2.64. The van der Waals surface area contributed by atoms with Gasteiger partial charge in [0, 0.05) is 28.4 Å². The highest BCUT2D eigenvalue weighted by atomic mass is 16.8. The highest BCUT2D eigenvalue weighted by Crippen LogP contribution is 2.65. The van der Waals surface area contributed by atoms with E-state index in [-0.39, 0.29) is 0 Å². The van der Waals surface area contributed by atoms with E-state index in [0.29, 0.717) is 0 Å². The third-order valence-electron chi connectivity index (χ3n) is 4.67. The van der Waals surface area contributed by atoms with E-state index in [1.54, 1.807) is 6.08 Å². The van der Waals surface area contributed by atoms with Gasteiger partial charge in [-0.3, -0.25) is 0 Å². The van der Waals surface area contributed by atoms with Crippen molar-refractivity contribution in [3.63, 3.8) is 0 Å². The molecule has 6 heteroatoms. The predicted molar refractivity (Wildman–Crippen MR) is 86.1 cm³/mol. The summed E-state index contributed by atoms with van der Waals surface area (Å²) in [5.41, 5.74) is -0.691. The predicted octanol–water partition coefficient (Wildman–Crippen LogP) is 2.34. The normalized spacial score (nSPS) is 23.2. The first-order valence-electron chi connectivity index (χ1n) is 7.34. The Balaban J connectivity index is 2.57. The molecule has 0 spiro atoms. The first-order valence-corrected chi connectivity index (χ1v) is 7.34. The molecule has 0 heterocycles. The lowest BCUT2D eigenvalue weighted by Gasteiger charge is -2.64. The zero-order chi connectivity index (χ0) is 17.8. The van der Waals surface area contributed by atoms with Crippen LogP contribution in [0, 0.1) is 34.0 Å². The molecule has 0 aromatic heterocycles. The van der Waals surface area contributed by atoms with Crippen LogP contribution in [0.15, 0.2) is 36.4 Å². The van der Waals surface area contributed by atoms with Gasteiger partial charge >= 0.3 is 0 Å². The molecule has 1 atom stereocenters. The monoisotopic (exact) mass is 328 g/mol. The zero-order valence-electron chi connectivity index (χ0n) is 14.1. The van der Waals surface area contributed by atoms with Crippen LogP contribution in [-0.4, -0.2) is 40.0 Å². The van der Waals surface area contributed by atoms with E-state index in [1.807, 2.05) is 48.5 Å². The molecule has 2 rings (SSSR count). The molecule has 126 valence electrons. The Hall–Kier alpha value is -2.22. The number of ether oxygens (including phenoxy) is 4. The molecule has 0 aliphatic heterocycles. The van der Waals surface area contributed by atoms with Crippen LogP contribution in [0.1, 0.15) is 5.56 Å². The number of hydrogen-bond acceptors (Lipinski definition) is 6. The van der Waals surface area contributed by atoms with Crippen LogP contribution in [-0.2, 0) is 18.9 Å². The average molecular weight is 328 g/mol. The van der Waals surface area contributed by atoms with Gasteiger partial charge < -0.3 is 18.9 Å². The molecule has 0 bridgehead atoms. The summed E-state index contributed by atoms with van der Waals surface area (Å²) in [6.07, 6.45) is 3.54. The van der Waals surface area contributed by atoms with E-state index >= 15 is 0 Å². The van der Waals surface area contributed by atoms with Crippen molar-refractivity contribution in [2.45, 2.75) is 11.6 Å². The molecule has 0 unspecified atom stereocenters. The van der Waals surface area contributed by atoms with E-state index in [2.05, 4.69) is 0 Å². The standard InChI is InChI=1S/C18H20N2O4/c1-21-17(22-2)15(11-10-14-8-6-5-7-9-14)16(12-19,13-20)18(17,23-3)24-4/h5-11,15H,1-4H3/t15-/m0/s1. The first kappa shape index (κ1) is 18.1. The molecule has 0 N–H and O–H groups in total. The molecular weight excluding hydrogens is 308 g/mol. The highest BCUT2D eigenvalue weighted by molar-refractivity contribution is 5.52. The zero-order valence-corrected chi connectivity index (χ0v) is 14.1. The van der Waals surface area contributed by atoms with E-state index in [1.165, 1.54) is 28.4 Å². The van der Waals surface area contributed by atoms with Crippen molar-refractivity contribution in [3.8, 4) is 12.1 Å². The van der Waals surface area contributed by atoms with Crippen molar-refractivity contribution in [1.82, 2.24) is 0 Å². The van der Waals surface area contributed by atoms with Gasteiger partial charge in [-0.15, -0.1) is 0 Å². The fourth-order valence-electron chi connectivity index (χ4n) is 3.54. The van der Waals surface area contributed by atoms with E-state index < -0.39 is 22.9 Å². The number of benzene rings is 1. The van der Waals surface area contributed by atoms with E-state index in [4.69, 9.17) is 18.9 Å². The van der Waals surface area contributed by atoms with E-state index in [0.717, 1.165) is 5.56 Å². The maximum absolute atomic E-state index is 9.75. The summed E-state index contributed by atoms with van der Waals surface area (Å²) < 4.78 is 22.0. The number of hydrogen-bond donors (Lipinski definition) is 0. The lowest BCUT2D eigenvalue weighted by atomic mass is 9.51. The second-order valence-corrected chi connectivity index (χ2v) is 5.38. The summed E-state index contributed by atoms with van der Waals surface area (Å²) in [6.45, 7) is 0. The third kappa shape index (κ3) is 2.02. The Bertz CT molecular complexity index is 665. The van der Waals surface area contributed by atoms with Gasteiger partial charge in [0.1, 0.15) is 0 Å². The summed E-state index contributed by atoms with van der Waals surface area (Å²) in [5.74, 6) is -3.80. The topological polar surface area (TPSA) is 84.5 Å². The number of rotatable bonds is 6. The summed E-state index contributed by atoms with van der Waals surface area (Å²) in [7, 11) is 5.57. The number of nitriles is 2. The minimum absolute atomic E-state index is 0.713. The Labute approximate surface area is 141 Å². The Kier molecular flexibility index (Phi) is 5.08. The van der Waals surface area contributed by atoms with Crippen LogP contribution in [0.2, 0.25) is 0 Å². The van der Waals surface area contributed by atoms with Gasteiger partial charge in [0.2, 0.25) is 11.2 Å². The van der Waals surface area contributed by atoms with Crippen molar-refractivity contribution in [2.24, 2.45) is 11.3 Å². The van der Waals surface area contributed by atoms with Gasteiger partial charge in [0.05, 0.1) is 18.1 Å². The molecule has 1 aliphatic carbocycles. The molecular formula is C18H20N2O4. The van der Waals surface area contributed by atoms with Crippen LogP contribution in [0.3, 0.4) is 0 Å². The summed E-state index contributed by atoms with van der Waals surface area (Å²) in [6, 6.07) is 13.6. The van der Waals surface area contributed by atoms with Crippen LogP contribution in [0.4, 0.5) is 0 Å². The Morgan fingerprint density at radius 2 is 1.46 bits per heavy atom. The van der Waals surface area contributed by atoms with Crippen LogP contribution in [0.5, 0.6) is 0 Å². The SMILES string of the molecule is COC1(OC)[C@@H](C=Cc2ccccc2)C(C#N)(C#N)C1(OC)OC. The van der Waals surface area contributed by atoms with Crippen molar-refractivity contribution in [2.75, 3.05) is 28.4 Å². The minimum Gasteiger partial charge on any atom is -0.348 e. The molecule has 1 aromatic carbocycles. The number of nitrogens with zero attached hydrogens (tertiary/aromatic N) is 2. The fourth-order valence-corrected chi connectivity index (χ4v) is 3.54. The summed E-state index contributed by atoms with van der Waals surface area (Å²) in [5, 5.41) is 19.5. The molecule has 1 saturated carbocycles. The van der Waals surface area contributed by atoms with Crippen molar-refractivity contribution >= 4 is 6.08 Å². The van der Waals surface area contributed by atoms with Crippen molar-refractivity contribution in [1.29, 1.82) is 10.5 Å². The molecule has 1 fully saturated rings. The fraction of sp³-hybridized carbons (Fsp3) is 0.444. The summed E-state index contributed by atoms with van der Waals surface area (Å²) in [4.78, 5) is 0. The van der Waals surface area contributed by atoms with Crippen LogP contribution >= 0.6 is 0 Å². The smallest absolute Gasteiger partial charge is 0.257 e. The third-order valence-corrected chi connectivity index (χ3v) is 4.67. The molecule has 24 heavy (non-hydrogen) atoms. The molecule has 0 saturated heterocycles. The summed E-state index contributed by atoms with van der Waals surface area (Å²) >= 11 is 0. The van der Waals surface area contributed by atoms with Gasteiger partial charge in [-0.05, 0) is 5.56 Å². The largest absolute Gasteiger partial charge is 0.348 e. The second-order valence-electron chi connectivity index (χ2n) is 5.38. The molecule has 0 amide bonds. The van der Waals surface area contributed by atoms with Gasteiger partial charge in [0.25, 0.3) is 5.79 Å². The number of methoxy groups -OCH3 is 4. The Morgan fingerprint density at radius 3 is 1.88 bits per heavy atom. The highest BCUT2D eigenvalue weighted by Gasteiger charge is 2.85. The quantitative estimate of drug-likeness (QED) is 0.745. The van der Waals surface area contributed by atoms with Crippen molar-refractivity contribution in [3.05, 3.63) is 42.0 Å². The van der Waals surface area contributed by atoms with Crippen LogP contribution < -0.4 is 0 Å². The maximum atomic E-state index is 9.75. The Morgan fingerprint density at radius 1 is 0.917 bits per heavy atom.